The van der Waals surface area contributed by atoms with E-state index in [0.29, 0.717) is 12.5 Å². The molecule has 0 aliphatic rings. The summed E-state index contributed by atoms with van der Waals surface area (Å²) in [6.45, 7) is 0.308. The Morgan fingerprint density at radius 2 is 2.53 bits per heavy atom. The third-order valence-electron chi connectivity index (χ3n) is 1.97. The molecule has 1 rings (SSSR count). The maximum atomic E-state index is 11.5. The summed E-state index contributed by atoms with van der Waals surface area (Å²) in [6.07, 6.45) is 1.31. The van der Waals surface area contributed by atoms with Gasteiger partial charge < -0.3 is 10.5 Å². The molecule has 1 atom stereocenters. The van der Waals surface area contributed by atoms with Crippen molar-refractivity contribution in [3.05, 3.63) is 6.33 Å². The van der Waals surface area contributed by atoms with Crippen LogP contribution in [0.5, 0.6) is 0 Å². The molecule has 1 unspecified atom stereocenters. The second-order valence-electron chi connectivity index (χ2n) is 3.05. The van der Waals surface area contributed by atoms with Gasteiger partial charge in [0.2, 0.25) is 11.9 Å². The largest absolute Gasteiger partial charge is 0.380 e. The van der Waals surface area contributed by atoms with E-state index in [1.54, 1.807) is 7.05 Å². The van der Waals surface area contributed by atoms with Crippen molar-refractivity contribution in [1.29, 1.82) is 0 Å². The van der Waals surface area contributed by atoms with Gasteiger partial charge in [0.05, 0.1) is 12.5 Å². The van der Waals surface area contributed by atoms with Gasteiger partial charge >= 0.3 is 0 Å². The molecular weight excluding hydrogens is 198 g/mol. The molecule has 7 nitrogen and oxygen atoms in total. The average Bonchev–Trinajstić information content (AvgIpc) is 2.61. The van der Waals surface area contributed by atoms with Crippen LogP contribution in [0.1, 0.15) is 6.42 Å². The molecule has 3 N–H and O–H groups in total. The van der Waals surface area contributed by atoms with Crippen molar-refractivity contribution in [2.75, 3.05) is 19.0 Å². The van der Waals surface area contributed by atoms with Crippen LogP contribution in [0.25, 0.3) is 0 Å². The van der Waals surface area contributed by atoms with Crippen LogP contribution in [-0.2, 0) is 16.6 Å². The van der Waals surface area contributed by atoms with Gasteiger partial charge in [0, 0.05) is 20.7 Å². The number of anilines is 1. The minimum absolute atomic E-state index is 0.191. The number of nitrogens with zero attached hydrogens (tertiary/aromatic N) is 3. The number of aromatic nitrogens is 3. The van der Waals surface area contributed by atoms with Gasteiger partial charge in [0.15, 0.2) is 0 Å². The number of hydrogen-bond donors (Lipinski definition) is 2. The van der Waals surface area contributed by atoms with E-state index in [-0.39, 0.29) is 18.4 Å². The lowest BCUT2D eigenvalue weighted by molar-refractivity contribution is -0.118. The number of hydrogen-bond acceptors (Lipinski definition) is 5. The van der Waals surface area contributed by atoms with Crippen molar-refractivity contribution < 1.29 is 9.53 Å². The molecule has 1 aromatic heterocycles. The lowest BCUT2D eigenvalue weighted by Gasteiger charge is -2.11. The summed E-state index contributed by atoms with van der Waals surface area (Å²) < 4.78 is 6.47. The van der Waals surface area contributed by atoms with Crippen molar-refractivity contribution in [1.82, 2.24) is 14.8 Å². The minimum Gasteiger partial charge on any atom is -0.380 e. The van der Waals surface area contributed by atoms with Crippen LogP contribution in [0.3, 0.4) is 0 Å². The van der Waals surface area contributed by atoms with Crippen LogP contribution in [0.2, 0.25) is 0 Å². The second kappa shape index (κ2) is 5.42. The van der Waals surface area contributed by atoms with Crippen LogP contribution >= 0.6 is 0 Å². The molecule has 0 radical (unpaired) electrons. The summed E-state index contributed by atoms with van der Waals surface area (Å²) in [6, 6.07) is 0. The molecule has 7 heteroatoms. The van der Waals surface area contributed by atoms with E-state index in [1.165, 1.54) is 18.1 Å². The van der Waals surface area contributed by atoms with E-state index in [1.807, 2.05) is 0 Å². The first-order valence-corrected chi connectivity index (χ1v) is 4.54. The molecule has 0 fully saturated rings. The molecule has 0 aliphatic heterocycles. The molecule has 0 bridgehead atoms. The second-order valence-corrected chi connectivity index (χ2v) is 3.05. The zero-order valence-electron chi connectivity index (χ0n) is 8.80. The van der Waals surface area contributed by atoms with Gasteiger partial charge in [-0.05, 0) is 0 Å². The Labute approximate surface area is 87.6 Å². The number of aryl methyl sites for hydroxylation is 1. The molecule has 0 saturated heterocycles. The summed E-state index contributed by atoms with van der Waals surface area (Å²) in [5, 5.41) is 6.43. The molecule has 1 amide bonds. The summed E-state index contributed by atoms with van der Waals surface area (Å²) >= 11 is 0. The van der Waals surface area contributed by atoms with Gasteiger partial charge in [0.25, 0.3) is 0 Å². The number of methoxy groups -OCH3 is 1. The summed E-state index contributed by atoms with van der Waals surface area (Å²) in [5.41, 5.74) is 5.40. The van der Waals surface area contributed by atoms with Crippen LogP contribution in [0.4, 0.5) is 5.95 Å². The SMILES string of the molecule is COC(CN)CC(=O)Nc1ncnn1C. The third-order valence-corrected chi connectivity index (χ3v) is 1.97. The van der Waals surface area contributed by atoms with Crippen molar-refractivity contribution in [2.45, 2.75) is 12.5 Å². The first kappa shape index (κ1) is 11.6. The number of nitrogens with one attached hydrogen (secondary N) is 1. The summed E-state index contributed by atoms with van der Waals surface area (Å²) in [7, 11) is 3.21. The fraction of sp³-hybridized carbons (Fsp3) is 0.625. The predicted octanol–water partition coefficient (Wildman–Crippen LogP) is -0.883. The number of rotatable bonds is 5. The lowest BCUT2D eigenvalue weighted by Crippen LogP contribution is -2.28. The first-order valence-electron chi connectivity index (χ1n) is 4.54. The van der Waals surface area contributed by atoms with Crippen molar-refractivity contribution in [3.63, 3.8) is 0 Å². The zero-order valence-corrected chi connectivity index (χ0v) is 8.80. The highest BCUT2D eigenvalue weighted by atomic mass is 16.5. The van der Waals surface area contributed by atoms with Gasteiger partial charge in [-0.1, -0.05) is 0 Å². The first-order chi connectivity index (χ1) is 7.17. The van der Waals surface area contributed by atoms with Crippen molar-refractivity contribution >= 4 is 11.9 Å². The Balaban J connectivity index is 2.46. The molecule has 0 aliphatic carbocycles. The third kappa shape index (κ3) is 3.30. The molecule has 84 valence electrons. The van der Waals surface area contributed by atoms with Crippen LogP contribution in [0.15, 0.2) is 6.33 Å². The zero-order chi connectivity index (χ0) is 11.3. The Morgan fingerprint density at radius 3 is 3.00 bits per heavy atom. The molecule has 0 saturated carbocycles. The van der Waals surface area contributed by atoms with Crippen molar-refractivity contribution in [3.8, 4) is 0 Å². The Kier molecular flexibility index (Phi) is 4.19. The van der Waals surface area contributed by atoms with Crippen LogP contribution < -0.4 is 11.1 Å². The van der Waals surface area contributed by atoms with E-state index in [0.717, 1.165) is 0 Å². The fourth-order valence-corrected chi connectivity index (χ4v) is 1.05. The van der Waals surface area contributed by atoms with Gasteiger partial charge in [-0.2, -0.15) is 10.1 Å². The lowest BCUT2D eigenvalue weighted by atomic mass is 10.2. The Hall–Kier alpha value is -1.47. The maximum absolute atomic E-state index is 11.5. The topological polar surface area (TPSA) is 95.1 Å². The quantitative estimate of drug-likeness (QED) is 0.662. The fourth-order valence-electron chi connectivity index (χ4n) is 1.05. The Bertz CT molecular complexity index is 321. The normalized spacial score (nSPS) is 12.5. The molecule has 1 heterocycles. The monoisotopic (exact) mass is 213 g/mol. The molecule has 0 spiro atoms. The highest BCUT2D eigenvalue weighted by molar-refractivity contribution is 5.89. The average molecular weight is 213 g/mol. The van der Waals surface area contributed by atoms with Gasteiger partial charge in [0.1, 0.15) is 6.33 Å². The smallest absolute Gasteiger partial charge is 0.229 e. The van der Waals surface area contributed by atoms with E-state index in [4.69, 9.17) is 10.5 Å². The summed E-state index contributed by atoms with van der Waals surface area (Å²) in [4.78, 5) is 15.3. The van der Waals surface area contributed by atoms with E-state index in [2.05, 4.69) is 15.4 Å². The van der Waals surface area contributed by atoms with Crippen molar-refractivity contribution in [2.24, 2.45) is 12.8 Å². The maximum Gasteiger partial charge on any atom is 0.229 e. The highest BCUT2D eigenvalue weighted by Crippen LogP contribution is 2.01. The highest BCUT2D eigenvalue weighted by Gasteiger charge is 2.13. The van der Waals surface area contributed by atoms with Gasteiger partial charge in [-0.25, -0.2) is 4.68 Å². The van der Waals surface area contributed by atoms with Crippen LogP contribution in [0, 0.1) is 0 Å². The molecule has 15 heavy (non-hydrogen) atoms. The standard InChI is InChI=1S/C8H15N5O2/c1-13-8(10-5-11-13)12-7(14)3-6(4-9)15-2/h5-6H,3-4,9H2,1-2H3,(H,10,11,12,14). The van der Waals surface area contributed by atoms with Gasteiger partial charge in [-0.15, -0.1) is 0 Å². The number of amides is 1. The van der Waals surface area contributed by atoms with E-state index in [9.17, 15) is 4.79 Å². The molecule has 1 aromatic rings. The number of nitrogens with two attached hydrogens (primary N) is 1. The van der Waals surface area contributed by atoms with E-state index < -0.39 is 0 Å². The van der Waals surface area contributed by atoms with E-state index >= 15 is 0 Å². The Morgan fingerprint density at radius 1 is 1.80 bits per heavy atom. The molecule has 0 aromatic carbocycles. The number of ether oxygens (including phenoxy) is 1. The minimum atomic E-state index is -0.266. The number of carbonyl (C=O) groups excluding carboxylic acids is 1. The predicted molar refractivity (Wildman–Crippen MR) is 54.1 cm³/mol. The van der Waals surface area contributed by atoms with Crippen LogP contribution in [-0.4, -0.2) is 40.4 Å². The molecular formula is C8H15N5O2. The summed E-state index contributed by atoms with van der Waals surface area (Å²) in [5.74, 6) is 0.218. The number of carbonyl (C=O) groups is 1. The van der Waals surface area contributed by atoms with Gasteiger partial charge in [-0.3, -0.25) is 10.1 Å².